The molecule has 0 radical (unpaired) electrons. The minimum absolute atomic E-state index is 0.150. The van der Waals surface area contributed by atoms with Gasteiger partial charge in [0.2, 0.25) is 5.43 Å². The van der Waals surface area contributed by atoms with Crippen molar-refractivity contribution in [3.05, 3.63) is 52.2 Å². The van der Waals surface area contributed by atoms with Gasteiger partial charge < -0.3 is 19.7 Å². The van der Waals surface area contributed by atoms with Crippen LogP contribution in [0.1, 0.15) is 36.0 Å². The Morgan fingerprint density at radius 3 is 2.49 bits per heavy atom. The number of piperidine rings is 1. The minimum Gasteiger partial charge on any atom is -0.356 e. The Morgan fingerprint density at radius 1 is 1.05 bits per heavy atom. The fourth-order valence-electron chi connectivity index (χ4n) is 6.10. The van der Waals surface area contributed by atoms with Gasteiger partial charge in [0.25, 0.3) is 5.91 Å². The molecule has 10 nitrogen and oxygen atoms in total. The number of carbonyl (C=O) groups is 1. The van der Waals surface area contributed by atoms with E-state index in [1.54, 1.807) is 12.3 Å². The van der Waals surface area contributed by atoms with Crippen LogP contribution in [0.3, 0.4) is 0 Å². The Balaban J connectivity index is 1.42. The van der Waals surface area contributed by atoms with Crippen LogP contribution in [0.15, 0.2) is 41.2 Å². The number of carbonyl (C=O) groups excluding carboxylic acids is 1. The number of para-hydroxylation sites is 2. The van der Waals surface area contributed by atoms with Crippen molar-refractivity contribution >= 4 is 50.4 Å². The number of rotatable bonds is 7. The number of nitrogens with zero attached hydrogens (tertiary/aromatic N) is 5. The lowest BCUT2D eigenvalue weighted by atomic mass is 10.1. The molecule has 3 aromatic heterocycles. The van der Waals surface area contributed by atoms with Crippen molar-refractivity contribution < 1.29 is 9.00 Å². The number of likely N-dealkylation sites (tertiary alicyclic amines) is 1. The number of aryl methyl sites for hydroxylation is 1. The maximum Gasteiger partial charge on any atom is 0.259 e. The summed E-state index contributed by atoms with van der Waals surface area (Å²) in [5, 5.41) is 3.44. The monoisotopic (exact) mass is 549 g/mol. The molecule has 2 fully saturated rings. The van der Waals surface area contributed by atoms with Gasteiger partial charge in [-0.15, -0.1) is 0 Å². The zero-order chi connectivity index (χ0) is 27.1. The summed E-state index contributed by atoms with van der Waals surface area (Å²) in [4.78, 5) is 37.0. The van der Waals surface area contributed by atoms with E-state index < -0.39 is 11.0 Å². The maximum atomic E-state index is 13.9. The number of fused-ring (bicyclic) bond motifs is 5. The van der Waals surface area contributed by atoms with Gasteiger partial charge in [-0.1, -0.05) is 12.1 Å². The van der Waals surface area contributed by atoms with E-state index >= 15 is 0 Å². The molecule has 2 N–H and O–H groups in total. The molecule has 2 aliphatic rings. The molecule has 0 saturated carbocycles. The van der Waals surface area contributed by atoms with Crippen molar-refractivity contribution in [3.8, 4) is 0 Å². The van der Waals surface area contributed by atoms with Crippen LogP contribution in [-0.4, -0.2) is 80.5 Å². The molecule has 1 unspecified atom stereocenters. The second kappa shape index (κ2) is 10.7. The highest BCUT2D eigenvalue weighted by atomic mass is 32.2. The quantitative estimate of drug-likeness (QED) is 0.366. The predicted octanol–water partition coefficient (Wildman–Crippen LogP) is 2.02. The van der Waals surface area contributed by atoms with Crippen molar-refractivity contribution in [2.24, 2.45) is 7.05 Å². The predicted molar refractivity (Wildman–Crippen MR) is 156 cm³/mol. The first-order chi connectivity index (χ1) is 18.9. The van der Waals surface area contributed by atoms with Gasteiger partial charge >= 0.3 is 0 Å². The average molecular weight is 550 g/mol. The molecule has 206 valence electrons. The third kappa shape index (κ3) is 4.83. The van der Waals surface area contributed by atoms with E-state index in [0.29, 0.717) is 23.2 Å². The van der Waals surface area contributed by atoms with Crippen LogP contribution in [0.25, 0.3) is 27.7 Å². The molecule has 0 aliphatic carbocycles. The summed E-state index contributed by atoms with van der Waals surface area (Å²) in [6, 6.07) is 11.8. The van der Waals surface area contributed by atoms with E-state index in [9.17, 15) is 13.8 Å². The first-order valence-corrected chi connectivity index (χ1v) is 15.3. The number of aromatic nitrogens is 3. The van der Waals surface area contributed by atoms with Gasteiger partial charge in [0.15, 0.2) is 5.65 Å². The lowest BCUT2D eigenvalue weighted by Crippen LogP contribution is -2.43. The maximum absolute atomic E-state index is 13.9. The third-order valence-corrected chi connectivity index (χ3v) is 8.74. The van der Waals surface area contributed by atoms with Gasteiger partial charge in [-0.25, -0.2) is 13.9 Å². The Hall–Kier alpha value is -3.28. The highest BCUT2D eigenvalue weighted by Gasteiger charge is 2.26. The molecular formula is C28H35N7O3S. The van der Waals surface area contributed by atoms with Crippen molar-refractivity contribution in [2.45, 2.75) is 31.7 Å². The summed E-state index contributed by atoms with van der Waals surface area (Å²) in [6.45, 7) is 4.95. The number of hydrogen-bond donors (Lipinski definition) is 2. The molecule has 1 amide bonds. The minimum atomic E-state index is -1.04. The fraction of sp³-hybridized carbons (Fsp3) is 0.464. The van der Waals surface area contributed by atoms with Gasteiger partial charge in [0.05, 0.1) is 27.4 Å². The molecule has 0 bridgehead atoms. The Kier molecular flexibility index (Phi) is 7.13. The zero-order valence-corrected chi connectivity index (χ0v) is 23.3. The molecule has 39 heavy (non-hydrogen) atoms. The Morgan fingerprint density at radius 2 is 1.77 bits per heavy atom. The van der Waals surface area contributed by atoms with Crippen molar-refractivity contribution in [1.29, 1.82) is 0 Å². The smallest absolute Gasteiger partial charge is 0.259 e. The summed E-state index contributed by atoms with van der Waals surface area (Å²) in [5.41, 5.74) is 2.75. The molecule has 6 rings (SSSR count). The molecular weight excluding hydrogens is 514 g/mol. The number of benzene rings is 1. The summed E-state index contributed by atoms with van der Waals surface area (Å²) in [6.07, 6.45) is 5.77. The van der Waals surface area contributed by atoms with Gasteiger partial charge in [0.1, 0.15) is 17.0 Å². The number of imidazole rings is 1. The standard InChI is InChI=1S/C28H35N7O3S/c1-32-21-7-3-4-8-22(21)35-26-20(9-10-23(30-26)34-16-11-19(12-17-34)31-39(2)38)25(36)24(28(32)35)27(37)29-13-18-33-14-5-6-15-33/h3-4,7-10,19,31H,5-6,11-18H2,1-2H3,(H,29,37). The largest absolute Gasteiger partial charge is 0.356 e. The van der Waals surface area contributed by atoms with Crippen LogP contribution >= 0.6 is 0 Å². The van der Waals surface area contributed by atoms with Gasteiger partial charge in [-0.05, 0) is 63.0 Å². The van der Waals surface area contributed by atoms with Crippen molar-refractivity contribution in [3.63, 3.8) is 0 Å². The van der Waals surface area contributed by atoms with Crippen LogP contribution < -0.4 is 20.4 Å². The normalized spacial score (nSPS) is 17.9. The average Bonchev–Trinajstić information content (AvgIpc) is 3.55. The van der Waals surface area contributed by atoms with Gasteiger partial charge in [0, 0.05) is 45.5 Å². The molecule has 0 spiro atoms. The Labute approximate surface area is 229 Å². The van der Waals surface area contributed by atoms with Crippen LogP contribution in [0, 0.1) is 0 Å². The van der Waals surface area contributed by atoms with E-state index in [2.05, 4.69) is 19.8 Å². The lowest BCUT2D eigenvalue weighted by Gasteiger charge is -2.32. The lowest BCUT2D eigenvalue weighted by molar-refractivity contribution is 0.0950. The summed E-state index contributed by atoms with van der Waals surface area (Å²) in [5.74, 6) is 0.444. The highest BCUT2D eigenvalue weighted by molar-refractivity contribution is 7.82. The molecule has 1 aromatic carbocycles. The number of pyridine rings is 2. The third-order valence-electron chi connectivity index (χ3n) is 8.07. The van der Waals surface area contributed by atoms with E-state index in [-0.39, 0.29) is 22.9 Å². The van der Waals surface area contributed by atoms with Crippen LogP contribution in [0.2, 0.25) is 0 Å². The zero-order valence-electron chi connectivity index (χ0n) is 22.5. The van der Waals surface area contributed by atoms with Gasteiger partial charge in [-0.2, -0.15) is 0 Å². The van der Waals surface area contributed by atoms with Crippen LogP contribution in [0.4, 0.5) is 5.82 Å². The second-order valence-corrected chi connectivity index (χ2v) is 11.7. The first-order valence-electron chi connectivity index (χ1n) is 13.7. The molecule has 2 saturated heterocycles. The van der Waals surface area contributed by atoms with Gasteiger partial charge in [-0.3, -0.25) is 14.0 Å². The first kappa shape index (κ1) is 26.0. The SMILES string of the molecule is Cn1c2ccccc2n2c3nc(N4CCC(NS(C)=O)CC4)ccc3c(=O)c(C(=O)NCCN3CCCC3)c12. The topological polar surface area (TPSA) is 104 Å². The Bertz CT molecular complexity index is 1630. The molecule has 2 aliphatic heterocycles. The molecule has 1 atom stereocenters. The molecule has 4 aromatic rings. The van der Waals surface area contributed by atoms with Crippen LogP contribution in [0.5, 0.6) is 0 Å². The molecule has 5 heterocycles. The summed E-state index contributed by atoms with van der Waals surface area (Å²) in [7, 11) is 0.856. The summed E-state index contributed by atoms with van der Waals surface area (Å²) < 4.78 is 18.6. The van der Waals surface area contributed by atoms with E-state index in [0.717, 1.165) is 62.4 Å². The van der Waals surface area contributed by atoms with Crippen LogP contribution in [-0.2, 0) is 18.0 Å². The van der Waals surface area contributed by atoms with E-state index in [1.165, 1.54) is 12.8 Å². The van der Waals surface area contributed by atoms with Crippen molar-refractivity contribution in [2.75, 3.05) is 50.4 Å². The number of anilines is 1. The van der Waals surface area contributed by atoms with E-state index in [1.807, 2.05) is 46.3 Å². The summed E-state index contributed by atoms with van der Waals surface area (Å²) >= 11 is 0. The second-order valence-electron chi connectivity index (χ2n) is 10.6. The number of nitrogens with one attached hydrogen (secondary N) is 2. The highest BCUT2D eigenvalue weighted by Crippen LogP contribution is 2.27. The van der Waals surface area contributed by atoms with Crippen molar-refractivity contribution in [1.82, 2.24) is 28.9 Å². The fourth-order valence-corrected chi connectivity index (χ4v) is 6.80. The number of amides is 1. The molecule has 11 heteroatoms. The number of hydrogen-bond acceptors (Lipinski definition) is 6. The van der Waals surface area contributed by atoms with E-state index in [4.69, 9.17) is 4.98 Å².